The van der Waals surface area contributed by atoms with E-state index in [2.05, 4.69) is 0 Å². The van der Waals surface area contributed by atoms with Crippen molar-refractivity contribution in [3.8, 4) is 0 Å². The van der Waals surface area contributed by atoms with Gasteiger partial charge >= 0.3 is 7.12 Å². The van der Waals surface area contributed by atoms with Crippen LogP contribution in [0, 0.1) is 0 Å². The predicted molar refractivity (Wildman–Crippen MR) is 125 cm³/mol. The van der Waals surface area contributed by atoms with Gasteiger partial charge in [0, 0.05) is 12.8 Å². The molecule has 2 aromatic carbocycles. The van der Waals surface area contributed by atoms with Gasteiger partial charge in [0.05, 0.1) is 33.5 Å². The molecule has 0 bridgehead atoms. The summed E-state index contributed by atoms with van der Waals surface area (Å²) in [6, 6.07) is 14.6. The van der Waals surface area contributed by atoms with Crippen molar-refractivity contribution >= 4 is 24.4 Å². The van der Waals surface area contributed by atoms with Crippen LogP contribution >= 0.6 is 0 Å². The van der Waals surface area contributed by atoms with Crippen LogP contribution < -0.4 is 5.46 Å². The van der Waals surface area contributed by atoms with E-state index in [0.29, 0.717) is 30.4 Å². The van der Waals surface area contributed by atoms with Crippen molar-refractivity contribution < 1.29 is 24.0 Å². The summed E-state index contributed by atoms with van der Waals surface area (Å²) >= 11 is 0. The molecule has 0 aromatic heterocycles. The van der Waals surface area contributed by atoms with Gasteiger partial charge in [-0.05, 0) is 57.3 Å². The Bertz CT molecular complexity index is 1080. The molecule has 2 aromatic rings. The van der Waals surface area contributed by atoms with Crippen molar-refractivity contribution in [2.24, 2.45) is 0 Å². The van der Waals surface area contributed by atoms with Gasteiger partial charge in [-0.1, -0.05) is 43.3 Å². The topological polar surface area (TPSA) is 76.1 Å². The minimum absolute atomic E-state index is 0.302. The molecule has 7 heteroatoms. The standard InChI is InChI=1S/C26H30BNO5/c1-6-25(31)15-26(16-25,28-21(29)19-9-7-8-10-20(19)22(28)30)17-11-13-18(14-12-17)27-32-23(2,3)24(4,5)33-27/h7-14,31H,6,15-16H2,1-5H3. The summed E-state index contributed by atoms with van der Waals surface area (Å²) in [7, 11) is -0.492. The lowest BCUT2D eigenvalue weighted by Gasteiger charge is -2.56. The molecule has 33 heavy (non-hydrogen) atoms. The SMILES string of the molecule is CCC1(O)CC(c2ccc(B3OC(C)(C)C(C)(C)O3)cc2)(N2C(=O)c3ccccc3C2=O)C1. The first-order valence-electron chi connectivity index (χ1n) is 11.6. The molecule has 172 valence electrons. The fourth-order valence-electron chi connectivity index (χ4n) is 5.29. The molecule has 1 saturated carbocycles. The zero-order valence-corrected chi connectivity index (χ0v) is 19.8. The fourth-order valence-corrected chi connectivity index (χ4v) is 5.29. The van der Waals surface area contributed by atoms with E-state index in [1.54, 1.807) is 24.3 Å². The number of fused-ring (bicyclic) bond motifs is 1. The van der Waals surface area contributed by atoms with E-state index in [1.165, 1.54) is 4.90 Å². The summed E-state index contributed by atoms with van der Waals surface area (Å²) in [5.41, 5.74) is -0.126. The molecular formula is C26H30BNO5. The van der Waals surface area contributed by atoms with E-state index in [4.69, 9.17) is 9.31 Å². The molecule has 3 aliphatic rings. The molecule has 1 saturated heterocycles. The van der Waals surface area contributed by atoms with Crippen LogP contribution in [0.25, 0.3) is 0 Å². The molecule has 0 radical (unpaired) electrons. The summed E-state index contributed by atoms with van der Waals surface area (Å²) < 4.78 is 12.3. The van der Waals surface area contributed by atoms with Crippen molar-refractivity contribution in [3.63, 3.8) is 0 Å². The molecule has 5 rings (SSSR count). The zero-order valence-electron chi connectivity index (χ0n) is 19.8. The van der Waals surface area contributed by atoms with Crippen LogP contribution in [0.1, 0.15) is 80.2 Å². The van der Waals surface area contributed by atoms with E-state index in [9.17, 15) is 14.7 Å². The van der Waals surface area contributed by atoms with Crippen LogP contribution in [-0.2, 0) is 14.8 Å². The Morgan fingerprint density at radius 3 is 1.82 bits per heavy atom. The maximum Gasteiger partial charge on any atom is 0.494 e. The lowest BCUT2D eigenvalue weighted by atomic mass is 9.59. The first kappa shape index (κ1) is 22.3. The monoisotopic (exact) mass is 447 g/mol. The van der Waals surface area contributed by atoms with Gasteiger partial charge in [0.15, 0.2) is 0 Å². The van der Waals surface area contributed by atoms with Crippen molar-refractivity contribution in [1.82, 2.24) is 4.90 Å². The highest BCUT2D eigenvalue weighted by atomic mass is 16.7. The van der Waals surface area contributed by atoms with Crippen molar-refractivity contribution in [1.29, 1.82) is 0 Å². The molecule has 0 spiro atoms. The van der Waals surface area contributed by atoms with Crippen molar-refractivity contribution in [3.05, 3.63) is 65.2 Å². The summed E-state index contributed by atoms with van der Waals surface area (Å²) in [4.78, 5) is 28.0. The Kier molecular flexibility index (Phi) is 4.74. The zero-order chi connectivity index (χ0) is 23.8. The Balaban J connectivity index is 1.50. The number of rotatable bonds is 4. The maximum atomic E-state index is 13.3. The second-order valence-electron chi connectivity index (χ2n) is 10.7. The number of carbonyl (C=O) groups excluding carboxylic acids is 2. The van der Waals surface area contributed by atoms with E-state index < -0.39 is 29.5 Å². The second-order valence-corrected chi connectivity index (χ2v) is 10.7. The number of nitrogens with zero attached hydrogens (tertiary/aromatic N) is 1. The molecule has 2 heterocycles. The number of hydrogen-bond donors (Lipinski definition) is 1. The molecule has 1 N–H and O–H groups in total. The van der Waals surface area contributed by atoms with Crippen LogP contribution in [0.15, 0.2) is 48.5 Å². The average molecular weight is 447 g/mol. The Morgan fingerprint density at radius 1 is 0.879 bits per heavy atom. The van der Waals surface area contributed by atoms with Crippen LogP contribution in [0.3, 0.4) is 0 Å². The minimum Gasteiger partial charge on any atom is -0.399 e. The molecule has 2 amide bonds. The number of amides is 2. The van der Waals surface area contributed by atoms with Crippen LogP contribution in [0.5, 0.6) is 0 Å². The normalized spacial score (nSPS) is 29.9. The second kappa shape index (κ2) is 7.01. The van der Waals surface area contributed by atoms with Gasteiger partial charge in [-0.15, -0.1) is 0 Å². The van der Waals surface area contributed by atoms with E-state index in [1.807, 2.05) is 58.9 Å². The summed E-state index contributed by atoms with van der Waals surface area (Å²) in [5.74, 6) is -0.604. The molecule has 6 nitrogen and oxygen atoms in total. The summed E-state index contributed by atoms with van der Waals surface area (Å²) in [6.45, 7) is 9.97. The molecule has 2 fully saturated rings. The summed E-state index contributed by atoms with van der Waals surface area (Å²) in [6.07, 6.45) is 1.19. The Hall–Kier alpha value is -2.48. The van der Waals surface area contributed by atoms with Crippen molar-refractivity contribution in [2.75, 3.05) is 0 Å². The Morgan fingerprint density at radius 2 is 1.36 bits per heavy atom. The van der Waals surface area contributed by atoms with Crippen molar-refractivity contribution in [2.45, 2.75) is 76.2 Å². The molecule has 2 aliphatic heterocycles. The number of carbonyl (C=O) groups is 2. The van der Waals surface area contributed by atoms with E-state index >= 15 is 0 Å². The van der Waals surface area contributed by atoms with Crippen LogP contribution in [0.2, 0.25) is 0 Å². The molecule has 0 unspecified atom stereocenters. The van der Waals surface area contributed by atoms with E-state index in [0.717, 1.165) is 11.0 Å². The largest absolute Gasteiger partial charge is 0.494 e. The molecule has 0 atom stereocenters. The lowest BCUT2D eigenvalue weighted by Crippen LogP contribution is -2.64. The van der Waals surface area contributed by atoms with Gasteiger partial charge in [-0.2, -0.15) is 0 Å². The quantitative estimate of drug-likeness (QED) is 0.575. The average Bonchev–Trinajstić information content (AvgIpc) is 3.14. The van der Waals surface area contributed by atoms with Gasteiger partial charge in [-0.3, -0.25) is 14.5 Å². The third-order valence-corrected chi connectivity index (χ3v) is 8.10. The number of aliphatic hydroxyl groups is 1. The third kappa shape index (κ3) is 3.13. The maximum absolute atomic E-state index is 13.3. The lowest BCUT2D eigenvalue weighted by molar-refractivity contribution is -0.132. The number of hydrogen-bond acceptors (Lipinski definition) is 5. The van der Waals surface area contributed by atoms with Gasteiger partial charge in [0.1, 0.15) is 0 Å². The predicted octanol–water partition coefficient (Wildman–Crippen LogP) is 3.41. The Labute approximate surface area is 195 Å². The first-order chi connectivity index (χ1) is 15.4. The van der Waals surface area contributed by atoms with Gasteiger partial charge in [0.25, 0.3) is 11.8 Å². The third-order valence-electron chi connectivity index (χ3n) is 8.10. The van der Waals surface area contributed by atoms with Crippen LogP contribution in [-0.4, -0.2) is 45.7 Å². The molecular weight excluding hydrogens is 417 g/mol. The van der Waals surface area contributed by atoms with Crippen LogP contribution in [0.4, 0.5) is 0 Å². The van der Waals surface area contributed by atoms with Gasteiger partial charge < -0.3 is 14.4 Å². The smallest absolute Gasteiger partial charge is 0.399 e. The van der Waals surface area contributed by atoms with E-state index in [-0.39, 0.29) is 11.8 Å². The number of imide groups is 1. The molecule has 1 aliphatic carbocycles. The first-order valence-corrected chi connectivity index (χ1v) is 11.6. The highest BCUT2D eigenvalue weighted by molar-refractivity contribution is 6.62. The fraction of sp³-hybridized carbons (Fsp3) is 0.462. The summed E-state index contributed by atoms with van der Waals surface area (Å²) in [5, 5.41) is 10.9. The highest BCUT2D eigenvalue weighted by Crippen LogP contribution is 2.55. The highest BCUT2D eigenvalue weighted by Gasteiger charge is 2.62. The van der Waals surface area contributed by atoms with Gasteiger partial charge in [-0.25, -0.2) is 0 Å². The minimum atomic E-state index is -0.903. The number of benzene rings is 2. The van der Waals surface area contributed by atoms with Gasteiger partial charge in [0.2, 0.25) is 0 Å².